The molecular weight excluding hydrogens is 283 g/mol. The first-order valence-corrected chi connectivity index (χ1v) is 7.10. The van der Waals surface area contributed by atoms with E-state index in [1.807, 2.05) is 0 Å². The molecule has 1 saturated heterocycles. The molecule has 0 bridgehead atoms. The molecular formula is C14H18F3N3O. The average Bonchev–Trinajstić information content (AvgIpc) is 3.22. The van der Waals surface area contributed by atoms with E-state index in [0.29, 0.717) is 24.6 Å². The molecule has 2 aliphatic rings. The summed E-state index contributed by atoms with van der Waals surface area (Å²) in [6.45, 7) is 0.570. The number of nitrogens with zero attached hydrogens (tertiary/aromatic N) is 3. The molecule has 2 heterocycles. The van der Waals surface area contributed by atoms with Crippen molar-refractivity contribution < 1.29 is 17.9 Å². The zero-order valence-corrected chi connectivity index (χ0v) is 11.9. The van der Waals surface area contributed by atoms with Gasteiger partial charge in [0.25, 0.3) is 6.43 Å². The zero-order chi connectivity index (χ0) is 15.0. The number of anilines is 1. The van der Waals surface area contributed by atoms with Gasteiger partial charge in [-0.3, -0.25) is 0 Å². The molecule has 1 unspecified atom stereocenters. The van der Waals surface area contributed by atoms with Crippen molar-refractivity contribution in [2.45, 2.75) is 37.3 Å². The zero-order valence-electron chi connectivity index (χ0n) is 11.9. The highest BCUT2D eigenvalue weighted by Crippen LogP contribution is 2.40. The maximum atomic E-state index is 14.4. The van der Waals surface area contributed by atoms with Gasteiger partial charge in [-0.25, -0.2) is 23.1 Å². The number of halogens is 3. The fourth-order valence-electron chi connectivity index (χ4n) is 2.68. The second kappa shape index (κ2) is 5.44. The van der Waals surface area contributed by atoms with Crippen molar-refractivity contribution in [3.8, 4) is 0 Å². The largest absolute Gasteiger partial charge is 0.381 e. The second-order valence-corrected chi connectivity index (χ2v) is 5.84. The summed E-state index contributed by atoms with van der Waals surface area (Å²) in [7, 11) is 1.45. The fourth-order valence-corrected chi connectivity index (χ4v) is 2.68. The Morgan fingerprint density at radius 3 is 2.81 bits per heavy atom. The predicted octanol–water partition coefficient (Wildman–Crippen LogP) is 2.86. The van der Waals surface area contributed by atoms with E-state index in [1.165, 1.54) is 13.2 Å². The summed E-state index contributed by atoms with van der Waals surface area (Å²) in [4.78, 5) is 10.00. The average molecular weight is 301 g/mol. The Morgan fingerprint density at radius 1 is 1.43 bits per heavy atom. The first kappa shape index (κ1) is 14.6. The van der Waals surface area contributed by atoms with Crippen molar-refractivity contribution in [2.24, 2.45) is 0 Å². The van der Waals surface area contributed by atoms with E-state index < -0.39 is 12.1 Å². The molecule has 0 amide bonds. The third-order valence-electron chi connectivity index (χ3n) is 3.95. The highest BCUT2D eigenvalue weighted by atomic mass is 19.3. The summed E-state index contributed by atoms with van der Waals surface area (Å²) in [5.41, 5.74) is -1.71. The summed E-state index contributed by atoms with van der Waals surface area (Å²) in [5, 5.41) is 0. The molecule has 0 radical (unpaired) electrons. The van der Waals surface area contributed by atoms with Gasteiger partial charge in [-0.2, -0.15) is 0 Å². The van der Waals surface area contributed by atoms with Gasteiger partial charge in [0.2, 0.25) is 0 Å². The lowest BCUT2D eigenvalue weighted by Crippen LogP contribution is -2.33. The highest BCUT2D eigenvalue weighted by Gasteiger charge is 2.39. The van der Waals surface area contributed by atoms with Crippen molar-refractivity contribution >= 4 is 5.82 Å². The van der Waals surface area contributed by atoms with Crippen LogP contribution >= 0.6 is 0 Å². The van der Waals surface area contributed by atoms with Gasteiger partial charge in [0.1, 0.15) is 17.3 Å². The summed E-state index contributed by atoms with van der Waals surface area (Å²) >= 11 is 0. The van der Waals surface area contributed by atoms with Crippen molar-refractivity contribution in [2.75, 3.05) is 31.7 Å². The molecule has 1 aromatic rings. The third-order valence-corrected chi connectivity index (χ3v) is 3.95. The first-order valence-electron chi connectivity index (χ1n) is 7.10. The van der Waals surface area contributed by atoms with Crippen LogP contribution in [0.3, 0.4) is 0 Å². The maximum Gasteiger partial charge on any atom is 0.280 e. The number of aromatic nitrogens is 2. The summed E-state index contributed by atoms with van der Waals surface area (Å²) < 4.78 is 45.2. The minimum atomic E-state index is -2.64. The predicted molar refractivity (Wildman–Crippen MR) is 71.5 cm³/mol. The van der Waals surface area contributed by atoms with E-state index in [0.717, 1.165) is 12.8 Å². The molecule has 1 atom stereocenters. The number of methoxy groups -OCH3 is 1. The van der Waals surface area contributed by atoms with Crippen LogP contribution in [-0.2, 0) is 4.74 Å². The molecule has 116 valence electrons. The van der Waals surface area contributed by atoms with Crippen LogP contribution in [0.4, 0.5) is 19.0 Å². The van der Waals surface area contributed by atoms with Crippen LogP contribution in [0.1, 0.15) is 43.1 Å². The van der Waals surface area contributed by atoms with Crippen molar-refractivity contribution in [1.82, 2.24) is 9.97 Å². The Balaban J connectivity index is 1.84. The van der Waals surface area contributed by atoms with Crippen LogP contribution in [0.15, 0.2) is 6.07 Å². The van der Waals surface area contributed by atoms with E-state index in [1.54, 1.807) is 4.90 Å². The van der Waals surface area contributed by atoms with Crippen molar-refractivity contribution in [3.63, 3.8) is 0 Å². The summed E-state index contributed by atoms with van der Waals surface area (Å²) in [6, 6.07) is 1.27. The Labute approximate surface area is 121 Å². The Hall–Kier alpha value is -1.37. The van der Waals surface area contributed by atoms with Gasteiger partial charge >= 0.3 is 0 Å². The van der Waals surface area contributed by atoms with Gasteiger partial charge in [-0.1, -0.05) is 0 Å². The van der Waals surface area contributed by atoms with Gasteiger partial charge in [-0.05, 0) is 12.8 Å². The van der Waals surface area contributed by atoms with Crippen LogP contribution in [0.2, 0.25) is 0 Å². The fraction of sp³-hybridized carbons (Fsp3) is 0.714. The van der Waals surface area contributed by atoms with Crippen LogP contribution in [0, 0.1) is 0 Å². The molecule has 2 fully saturated rings. The molecule has 21 heavy (non-hydrogen) atoms. The topological polar surface area (TPSA) is 38.2 Å². The number of hydrogen-bond donors (Lipinski definition) is 0. The second-order valence-electron chi connectivity index (χ2n) is 5.84. The smallest absolute Gasteiger partial charge is 0.280 e. The lowest BCUT2D eigenvalue weighted by molar-refractivity contribution is 0.0570. The van der Waals surface area contributed by atoms with E-state index in [-0.39, 0.29) is 24.8 Å². The Kier molecular flexibility index (Phi) is 3.77. The van der Waals surface area contributed by atoms with Crippen LogP contribution in [-0.4, -0.2) is 42.4 Å². The lowest BCUT2D eigenvalue weighted by Gasteiger charge is -2.21. The number of hydrogen-bond acceptors (Lipinski definition) is 4. The van der Waals surface area contributed by atoms with Crippen LogP contribution in [0.5, 0.6) is 0 Å². The number of ether oxygens (including phenoxy) is 1. The highest BCUT2D eigenvalue weighted by molar-refractivity contribution is 5.43. The standard InChI is InChI=1S/C14H18F3N3O/c1-21-8-14(17)4-5-20(7-14)11-6-10(12(15)16)18-13(19-11)9-2-3-9/h6,9,12H,2-5,7-8H2,1H3. The number of alkyl halides is 3. The van der Waals surface area contributed by atoms with E-state index in [2.05, 4.69) is 9.97 Å². The molecule has 4 nitrogen and oxygen atoms in total. The Bertz CT molecular complexity index is 504. The minimum absolute atomic E-state index is 0.00572. The maximum absolute atomic E-state index is 14.4. The molecule has 1 aliphatic carbocycles. The minimum Gasteiger partial charge on any atom is -0.381 e. The molecule has 3 rings (SSSR count). The van der Waals surface area contributed by atoms with E-state index in [9.17, 15) is 13.2 Å². The summed E-state index contributed by atoms with van der Waals surface area (Å²) in [5.74, 6) is 1.04. The molecule has 1 aliphatic heterocycles. The molecule has 0 spiro atoms. The van der Waals surface area contributed by atoms with Gasteiger partial charge < -0.3 is 9.64 Å². The van der Waals surface area contributed by atoms with E-state index in [4.69, 9.17) is 4.74 Å². The third kappa shape index (κ3) is 3.12. The van der Waals surface area contributed by atoms with Crippen molar-refractivity contribution in [3.05, 3.63) is 17.6 Å². The monoisotopic (exact) mass is 301 g/mol. The van der Waals surface area contributed by atoms with Crippen molar-refractivity contribution in [1.29, 1.82) is 0 Å². The van der Waals surface area contributed by atoms with E-state index >= 15 is 0 Å². The van der Waals surface area contributed by atoms with Crippen LogP contribution < -0.4 is 4.90 Å². The summed E-state index contributed by atoms with van der Waals surface area (Å²) in [6.07, 6.45) is -0.458. The molecule has 7 heteroatoms. The lowest BCUT2D eigenvalue weighted by atomic mass is 10.1. The van der Waals surface area contributed by atoms with Gasteiger partial charge in [0.05, 0.1) is 13.2 Å². The molecule has 1 aromatic heterocycles. The van der Waals surface area contributed by atoms with Gasteiger partial charge in [0, 0.05) is 32.1 Å². The molecule has 0 aromatic carbocycles. The van der Waals surface area contributed by atoms with Gasteiger partial charge in [0.15, 0.2) is 5.67 Å². The number of rotatable bonds is 5. The van der Waals surface area contributed by atoms with Crippen LogP contribution in [0.25, 0.3) is 0 Å². The SMILES string of the molecule is COCC1(F)CCN(c2cc(C(F)F)nc(C3CC3)n2)C1. The Morgan fingerprint density at radius 2 is 2.19 bits per heavy atom. The molecule has 1 saturated carbocycles. The quantitative estimate of drug-likeness (QED) is 0.838. The molecule has 0 N–H and O–H groups in total. The first-order chi connectivity index (χ1) is 10.0. The normalized spacial score (nSPS) is 25.9. The van der Waals surface area contributed by atoms with Gasteiger partial charge in [-0.15, -0.1) is 0 Å².